The summed E-state index contributed by atoms with van der Waals surface area (Å²) < 4.78 is 11.2. The molecule has 1 heterocycles. The van der Waals surface area contributed by atoms with E-state index in [1.54, 1.807) is 4.90 Å². The van der Waals surface area contributed by atoms with Gasteiger partial charge in [0.15, 0.2) is 6.61 Å². The van der Waals surface area contributed by atoms with Crippen molar-refractivity contribution in [2.45, 2.75) is 32.7 Å². The lowest BCUT2D eigenvalue weighted by Crippen LogP contribution is -2.37. The van der Waals surface area contributed by atoms with Gasteiger partial charge in [-0.25, -0.2) is 0 Å². The van der Waals surface area contributed by atoms with Crippen molar-refractivity contribution in [1.29, 1.82) is 0 Å². The highest BCUT2D eigenvalue weighted by Gasteiger charge is 2.18. The Morgan fingerprint density at radius 2 is 1.72 bits per heavy atom. The summed E-state index contributed by atoms with van der Waals surface area (Å²) in [6, 6.07) is 16.2. The predicted molar refractivity (Wildman–Crippen MR) is 117 cm³/mol. The summed E-state index contributed by atoms with van der Waals surface area (Å²) in [5.74, 6) is 0.676. The van der Waals surface area contributed by atoms with Crippen LogP contribution < -0.4 is 9.64 Å². The van der Waals surface area contributed by atoms with Gasteiger partial charge < -0.3 is 19.3 Å². The van der Waals surface area contributed by atoms with Gasteiger partial charge in [0.05, 0.1) is 13.2 Å². The van der Waals surface area contributed by atoms with Gasteiger partial charge in [-0.15, -0.1) is 0 Å². The van der Waals surface area contributed by atoms with E-state index in [0.29, 0.717) is 12.3 Å². The number of likely N-dealkylation sites (N-methyl/N-ethyl adjacent to an activating group) is 1. The van der Waals surface area contributed by atoms with Gasteiger partial charge in [-0.3, -0.25) is 4.79 Å². The molecule has 1 amide bonds. The van der Waals surface area contributed by atoms with Crippen LogP contribution in [0.5, 0.6) is 5.75 Å². The van der Waals surface area contributed by atoms with Crippen LogP contribution in [0.2, 0.25) is 0 Å². The average Bonchev–Trinajstić information content (AvgIpc) is 2.72. The first-order chi connectivity index (χ1) is 13.8. The van der Waals surface area contributed by atoms with Crippen molar-refractivity contribution < 1.29 is 14.3 Å². The summed E-state index contributed by atoms with van der Waals surface area (Å²) in [5, 5.41) is 0. The van der Waals surface area contributed by atoms with E-state index in [2.05, 4.69) is 49.9 Å². The molecular weight excluding hydrogens is 364 g/mol. The zero-order valence-corrected chi connectivity index (χ0v) is 18.0. The quantitative estimate of drug-likeness (QED) is 0.744. The molecule has 0 aliphatic carbocycles. The monoisotopic (exact) mass is 396 g/mol. The van der Waals surface area contributed by atoms with Crippen LogP contribution in [0, 0.1) is 0 Å². The van der Waals surface area contributed by atoms with Crippen LogP contribution >= 0.6 is 0 Å². The zero-order valence-electron chi connectivity index (χ0n) is 18.0. The molecule has 3 rings (SSSR count). The molecule has 29 heavy (non-hydrogen) atoms. The lowest BCUT2D eigenvalue weighted by molar-refractivity contribution is -0.132. The van der Waals surface area contributed by atoms with E-state index in [0.717, 1.165) is 31.9 Å². The lowest BCUT2D eigenvalue weighted by Gasteiger charge is -2.31. The number of carbonyl (C=O) groups excluding carboxylic acids is 1. The Labute approximate surface area is 174 Å². The maximum absolute atomic E-state index is 12.6. The Hall–Kier alpha value is -2.53. The fraction of sp³-hybridized carbons (Fsp3) is 0.458. The number of rotatable bonds is 6. The molecule has 0 N–H and O–H groups in total. The highest BCUT2D eigenvalue weighted by Crippen LogP contribution is 2.25. The summed E-state index contributed by atoms with van der Waals surface area (Å²) in [7, 11) is 1.82. The van der Waals surface area contributed by atoms with Gasteiger partial charge in [-0.1, -0.05) is 51.1 Å². The Kier molecular flexibility index (Phi) is 6.80. The zero-order chi connectivity index (χ0) is 20.9. The molecule has 0 radical (unpaired) electrons. The first kappa shape index (κ1) is 21.2. The second kappa shape index (κ2) is 9.31. The SMILES string of the molecule is CN(Cc1ccccc1N1CCOCC1)C(=O)COc1ccc(C(C)(C)C)cc1. The maximum atomic E-state index is 12.6. The van der Waals surface area contributed by atoms with E-state index in [9.17, 15) is 4.79 Å². The molecule has 5 nitrogen and oxygen atoms in total. The summed E-state index contributed by atoms with van der Waals surface area (Å²) in [6.45, 7) is 10.4. The van der Waals surface area contributed by atoms with Crippen molar-refractivity contribution in [2.75, 3.05) is 44.9 Å². The maximum Gasteiger partial charge on any atom is 0.260 e. The number of ether oxygens (including phenoxy) is 2. The van der Waals surface area contributed by atoms with Gasteiger partial charge in [0, 0.05) is 32.4 Å². The van der Waals surface area contributed by atoms with Crippen molar-refractivity contribution in [3.05, 3.63) is 59.7 Å². The molecule has 0 atom stereocenters. The third-order valence-corrected chi connectivity index (χ3v) is 5.26. The van der Waals surface area contributed by atoms with Gasteiger partial charge >= 0.3 is 0 Å². The van der Waals surface area contributed by atoms with Crippen LogP contribution in [0.4, 0.5) is 5.69 Å². The Morgan fingerprint density at radius 1 is 1.07 bits per heavy atom. The van der Waals surface area contributed by atoms with Crippen LogP contribution in [-0.4, -0.2) is 50.8 Å². The number of nitrogens with zero attached hydrogens (tertiary/aromatic N) is 2. The Balaban J connectivity index is 1.57. The largest absolute Gasteiger partial charge is 0.484 e. The number of morpholine rings is 1. The van der Waals surface area contributed by atoms with Gasteiger partial charge in [0.2, 0.25) is 0 Å². The Bertz CT molecular complexity index is 806. The second-order valence-corrected chi connectivity index (χ2v) is 8.54. The molecule has 156 valence electrons. The molecule has 1 aliphatic rings. The number of para-hydroxylation sites is 1. The number of amides is 1. The van der Waals surface area contributed by atoms with Crippen molar-refractivity contribution in [3.63, 3.8) is 0 Å². The molecule has 0 saturated carbocycles. The van der Waals surface area contributed by atoms with E-state index in [-0.39, 0.29) is 17.9 Å². The minimum atomic E-state index is -0.0401. The molecule has 0 aromatic heterocycles. The van der Waals surface area contributed by atoms with Crippen molar-refractivity contribution >= 4 is 11.6 Å². The first-order valence-electron chi connectivity index (χ1n) is 10.2. The molecular formula is C24H32N2O3. The predicted octanol–water partition coefficient (Wildman–Crippen LogP) is 3.86. The second-order valence-electron chi connectivity index (χ2n) is 8.54. The minimum Gasteiger partial charge on any atom is -0.484 e. The van der Waals surface area contributed by atoms with Crippen LogP contribution in [0.15, 0.2) is 48.5 Å². The number of anilines is 1. The summed E-state index contributed by atoms with van der Waals surface area (Å²) in [6.07, 6.45) is 0. The highest BCUT2D eigenvalue weighted by atomic mass is 16.5. The van der Waals surface area contributed by atoms with Gasteiger partial charge in [-0.2, -0.15) is 0 Å². The molecule has 0 bridgehead atoms. The molecule has 0 unspecified atom stereocenters. The standard InChI is InChI=1S/C24H32N2O3/c1-24(2,3)20-9-11-21(12-10-20)29-18-23(27)25(4)17-19-7-5-6-8-22(19)26-13-15-28-16-14-26/h5-12H,13-18H2,1-4H3. The van der Waals surface area contributed by atoms with E-state index in [4.69, 9.17) is 9.47 Å². The topological polar surface area (TPSA) is 42.0 Å². The average molecular weight is 397 g/mol. The van der Waals surface area contributed by atoms with Crippen LogP contribution in [-0.2, 0) is 21.5 Å². The number of benzene rings is 2. The smallest absolute Gasteiger partial charge is 0.260 e. The molecule has 5 heteroatoms. The van der Waals surface area contributed by atoms with E-state index in [1.807, 2.05) is 31.3 Å². The Morgan fingerprint density at radius 3 is 2.38 bits per heavy atom. The summed E-state index contributed by atoms with van der Waals surface area (Å²) in [5.41, 5.74) is 3.66. The number of hydrogen-bond donors (Lipinski definition) is 0. The third kappa shape index (κ3) is 5.73. The first-order valence-corrected chi connectivity index (χ1v) is 10.2. The van der Waals surface area contributed by atoms with Crippen LogP contribution in [0.1, 0.15) is 31.9 Å². The minimum absolute atomic E-state index is 0.0328. The van der Waals surface area contributed by atoms with Gasteiger partial charge in [0.25, 0.3) is 5.91 Å². The molecule has 2 aromatic rings. The molecule has 1 aliphatic heterocycles. The fourth-order valence-electron chi connectivity index (χ4n) is 3.41. The van der Waals surface area contributed by atoms with Crippen molar-refractivity contribution in [1.82, 2.24) is 4.90 Å². The van der Waals surface area contributed by atoms with Gasteiger partial charge in [-0.05, 0) is 34.7 Å². The van der Waals surface area contributed by atoms with Crippen LogP contribution in [0.3, 0.4) is 0 Å². The van der Waals surface area contributed by atoms with E-state index in [1.165, 1.54) is 11.3 Å². The number of carbonyl (C=O) groups is 1. The van der Waals surface area contributed by atoms with Crippen molar-refractivity contribution in [3.8, 4) is 5.75 Å². The molecule has 1 saturated heterocycles. The molecule has 1 fully saturated rings. The third-order valence-electron chi connectivity index (χ3n) is 5.26. The summed E-state index contributed by atoms with van der Waals surface area (Å²) >= 11 is 0. The van der Waals surface area contributed by atoms with Crippen LogP contribution in [0.25, 0.3) is 0 Å². The fourth-order valence-corrected chi connectivity index (χ4v) is 3.41. The normalized spacial score (nSPS) is 14.6. The van der Waals surface area contributed by atoms with E-state index >= 15 is 0 Å². The van der Waals surface area contributed by atoms with E-state index < -0.39 is 0 Å². The molecule has 0 spiro atoms. The lowest BCUT2D eigenvalue weighted by atomic mass is 9.87. The number of hydrogen-bond acceptors (Lipinski definition) is 4. The van der Waals surface area contributed by atoms with Gasteiger partial charge in [0.1, 0.15) is 5.75 Å². The van der Waals surface area contributed by atoms with Crippen molar-refractivity contribution in [2.24, 2.45) is 0 Å². The molecule has 2 aromatic carbocycles. The highest BCUT2D eigenvalue weighted by molar-refractivity contribution is 5.77. The summed E-state index contributed by atoms with van der Waals surface area (Å²) in [4.78, 5) is 16.7.